The molecule has 1 aromatic rings. The molecule has 2 aliphatic heterocycles. The number of nitrogens with zero attached hydrogens (tertiary/aromatic N) is 1. The summed E-state index contributed by atoms with van der Waals surface area (Å²) < 4.78 is 0. The van der Waals surface area contributed by atoms with Gasteiger partial charge in [-0.15, -0.1) is 0 Å². The summed E-state index contributed by atoms with van der Waals surface area (Å²) in [7, 11) is 0. The predicted molar refractivity (Wildman–Crippen MR) is 71.9 cm³/mol. The molecule has 1 aromatic carbocycles. The van der Waals surface area contributed by atoms with E-state index >= 15 is 0 Å². The van der Waals surface area contributed by atoms with E-state index in [0.29, 0.717) is 22.4 Å². The molecule has 3 nitrogen and oxygen atoms in total. The minimum absolute atomic E-state index is 0.117. The number of likely N-dealkylation sites (tertiary alicyclic amines) is 1. The summed E-state index contributed by atoms with van der Waals surface area (Å²) in [6.07, 6.45) is 0. The molecule has 2 unspecified atom stereocenters. The molecule has 0 radical (unpaired) electrons. The molecule has 2 heterocycles. The SMILES string of the molecule is Cc1ccc(C(=O)N2CC3CNCC3C2)cc1Cl. The molecule has 0 aliphatic carbocycles. The number of carbonyl (C=O) groups is 1. The first-order valence-electron chi connectivity index (χ1n) is 6.41. The average Bonchev–Trinajstić information content (AvgIpc) is 2.92. The zero-order valence-electron chi connectivity index (χ0n) is 10.4. The quantitative estimate of drug-likeness (QED) is 0.841. The highest BCUT2D eigenvalue weighted by Crippen LogP contribution is 2.28. The molecule has 1 amide bonds. The van der Waals surface area contributed by atoms with Crippen molar-refractivity contribution in [2.45, 2.75) is 6.92 Å². The second-order valence-electron chi connectivity index (χ2n) is 5.35. The van der Waals surface area contributed by atoms with Crippen molar-refractivity contribution < 1.29 is 4.79 Å². The van der Waals surface area contributed by atoms with Crippen LogP contribution in [0.15, 0.2) is 18.2 Å². The van der Waals surface area contributed by atoms with Gasteiger partial charge in [-0.05, 0) is 36.5 Å². The molecule has 2 aliphatic rings. The van der Waals surface area contributed by atoms with Crippen molar-refractivity contribution in [3.05, 3.63) is 34.3 Å². The molecule has 18 heavy (non-hydrogen) atoms. The van der Waals surface area contributed by atoms with E-state index in [4.69, 9.17) is 11.6 Å². The number of nitrogens with one attached hydrogen (secondary N) is 1. The van der Waals surface area contributed by atoms with Crippen molar-refractivity contribution in [2.24, 2.45) is 11.8 Å². The fourth-order valence-electron chi connectivity index (χ4n) is 2.93. The Hall–Kier alpha value is -1.06. The predicted octanol–water partition coefficient (Wildman–Crippen LogP) is 1.94. The van der Waals surface area contributed by atoms with E-state index in [9.17, 15) is 4.79 Å². The lowest BCUT2D eigenvalue weighted by molar-refractivity contribution is 0.0781. The third-order valence-electron chi connectivity index (χ3n) is 4.10. The summed E-state index contributed by atoms with van der Waals surface area (Å²) in [5, 5.41) is 4.05. The van der Waals surface area contributed by atoms with E-state index in [-0.39, 0.29) is 5.91 Å². The lowest BCUT2D eigenvalue weighted by atomic mass is 10.0. The Kier molecular flexibility index (Phi) is 3.04. The van der Waals surface area contributed by atoms with Crippen LogP contribution in [0.25, 0.3) is 0 Å². The van der Waals surface area contributed by atoms with Crippen LogP contribution in [0.4, 0.5) is 0 Å². The molecule has 0 aromatic heterocycles. The highest BCUT2D eigenvalue weighted by molar-refractivity contribution is 6.31. The fourth-order valence-corrected chi connectivity index (χ4v) is 3.11. The fraction of sp³-hybridized carbons (Fsp3) is 0.500. The van der Waals surface area contributed by atoms with Gasteiger partial charge in [0.1, 0.15) is 0 Å². The molecule has 2 saturated heterocycles. The second kappa shape index (κ2) is 4.56. The van der Waals surface area contributed by atoms with E-state index in [1.165, 1.54) is 0 Å². The Morgan fingerprint density at radius 3 is 2.61 bits per heavy atom. The number of aryl methyl sites for hydroxylation is 1. The number of halogens is 1. The van der Waals surface area contributed by atoms with Gasteiger partial charge in [-0.2, -0.15) is 0 Å². The number of hydrogen-bond donors (Lipinski definition) is 1. The Morgan fingerprint density at radius 1 is 1.33 bits per heavy atom. The van der Waals surface area contributed by atoms with Gasteiger partial charge >= 0.3 is 0 Å². The summed E-state index contributed by atoms with van der Waals surface area (Å²) in [5.41, 5.74) is 1.72. The van der Waals surface area contributed by atoms with Crippen molar-refractivity contribution >= 4 is 17.5 Å². The Morgan fingerprint density at radius 2 is 2.00 bits per heavy atom. The summed E-state index contributed by atoms with van der Waals surface area (Å²) >= 11 is 6.08. The zero-order chi connectivity index (χ0) is 12.7. The van der Waals surface area contributed by atoms with Crippen molar-refractivity contribution in [3.8, 4) is 0 Å². The Bertz CT molecular complexity index is 477. The van der Waals surface area contributed by atoms with Crippen LogP contribution < -0.4 is 5.32 Å². The first-order valence-corrected chi connectivity index (χ1v) is 6.79. The van der Waals surface area contributed by atoms with Gasteiger partial charge in [-0.1, -0.05) is 17.7 Å². The Labute approximate surface area is 112 Å². The first-order chi connectivity index (χ1) is 8.65. The zero-order valence-corrected chi connectivity index (χ0v) is 11.2. The maximum Gasteiger partial charge on any atom is 0.253 e. The number of benzene rings is 1. The van der Waals surface area contributed by atoms with Gasteiger partial charge in [0.15, 0.2) is 0 Å². The largest absolute Gasteiger partial charge is 0.338 e. The monoisotopic (exact) mass is 264 g/mol. The highest BCUT2D eigenvalue weighted by atomic mass is 35.5. The third kappa shape index (κ3) is 2.02. The third-order valence-corrected chi connectivity index (χ3v) is 4.50. The van der Waals surface area contributed by atoms with Gasteiger partial charge in [-0.3, -0.25) is 4.79 Å². The smallest absolute Gasteiger partial charge is 0.253 e. The van der Waals surface area contributed by atoms with Gasteiger partial charge in [-0.25, -0.2) is 0 Å². The van der Waals surface area contributed by atoms with Gasteiger partial charge in [0.2, 0.25) is 0 Å². The van der Waals surface area contributed by atoms with Crippen LogP contribution in [0.3, 0.4) is 0 Å². The van der Waals surface area contributed by atoms with Crippen LogP contribution in [-0.4, -0.2) is 37.0 Å². The van der Waals surface area contributed by atoms with E-state index < -0.39 is 0 Å². The van der Waals surface area contributed by atoms with E-state index in [2.05, 4.69) is 5.32 Å². The topological polar surface area (TPSA) is 32.3 Å². The van der Waals surface area contributed by atoms with Crippen LogP contribution in [0, 0.1) is 18.8 Å². The minimum Gasteiger partial charge on any atom is -0.338 e. The molecule has 1 N–H and O–H groups in total. The first kappa shape index (κ1) is 12.0. The number of fused-ring (bicyclic) bond motifs is 1. The standard InChI is InChI=1S/C14H17ClN2O/c1-9-2-3-10(4-13(9)15)14(18)17-7-11-5-16-6-12(11)8-17/h2-4,11-12,16H,5-8H2,1H3. The molecule has 0 bridgehead atoms. The van der Waals surface area contributed by atoms with Crippen molar-refractivity contribution in [2.75, 3.05) is 26.2 Å². The van der Waals surface area contributed by atoms with E-state index in [1.54, 1.807) is 6.07 Å². The molecule has 2 fully saturated rings. The number of amides is 1. The molecule has 4 heteroatoms. The molecule has 2 atom stereocenters. The van der Waals surface area contributed by atoms with Gasteiger partial charge < -0.3 is 10.2 Å². The van der Waals surface area contributed by atoms with E-state index in [0.717, 1.165) is 31.7 Å². The lowest BCUT2D eigenvalue weighted by Gasteiger charge is -2.17. The molecule has 0 spiro atoms. The van der Waals surface area contributed by atoms with Crippen molar-refractivity contribution in [3.63, 3.8) is 0 Å². The van der Waals surface area contributed by atoms with Crippen LogP contribution >= 0.6 is 11.6 Å². The summed E-state index contributed by atoms with van der Waals surface area (Å²) in [6, 6.07) is 5.56. The summed E-state index contributed by atoms with van der Waals surface area (Å²) in [5.74, 6) is 1.39. The average molecular weight is 265 g/mol. The lowest BCUT2D eigenvalue weighted by Crippen LogP contribution is -2.31. The maximum atomic E-state index is 12.4. The molecule has 0 saturated carbocycles. The second-order valence-corrected chi connectivity index (χ2v) is 5.76. The molecule has 3 rings (SSSR count). The van der Waals surface area contributed by atoms with Crippen LogP contribution in [0.5, 0.6) is 0 Å². The molecule has 96 valence electrons. The normalized spacial score (nSPS) is 26.4. The highest BCUT2D eigenvalue weighted by Gasteiger charge is 2.38. The minimum atomic E-state index is 0.117. The maximum absolute atomic E-state index is 12.4. The number of rotatable bonds is 1. The summed E-state index contributed by atoms with van der Waals surface area (Å²) in [6.45, 7) is 5.79. The summed E-state index contributed by atoms with van der Waals surface area (Å²) in [4.78, 5) is 14.4. The number of carbonyl (C=O) groups excluding carboxylic acids is 1. The van der Waals surface area contributed by atoms with Gasteiger partial charge in [0.05, 0.1) is 0 Å². The molecular weight excluding hydrogens is 248 g/mol. The molecular formula is C14H17ClN2O. The van der Waals surface area contributed by atoms with Crippen LogP contribution in [0.1, 0.15) is 15.9 Å². The Balaban J connectivity index is 1.77. The van der Waals surface area contributed by atoms with Crippen LogP contribution in [-0.2, 0) is 0 Å². The van der Waals surface area contributed by atoms with Crippen molar-refractivity contribution in [1.82, 2.24) is 10.2 Å². The number of hydrogen-bond acceptors (Lipinski definition) is 2. The van der Waals surface area contributed by atoms with E-state index in [1.807, 2.05) is 24.0 Å². The van der Waals surface area contributed by atoms with Crippen molar-refractivity contribution in [1.29, 1.82) is 0 Å². The van der Waals surface area contributed by atoms with Gasteiger partial charge in [0, 0.05) is 36.8 Å². The van der Waals surface area contributed by atoms with Crippen LogP contribution in [0.2, 0.25) is 5.02 Å². The van der Waals surface area contributed by atoms with Gasteiger partial charge in [0.25, 0.3) is 5.91 Å².